The Morgan fingerprint density at radius 3 is 2.60 bits per heavy atom. The lowest BCUT2D eigenvalue weighted by Gasteiger charge is -2.29. The van der Waals surface area contributed by atoms with Gasteiger partial charge in [0.15, 0.2) is 0 Å². The van der Waals surface area contributed by atoms with Crippen molar-refractivity contribution in [2.75, 3.05) is 7.11 Å². The maximum Gasteiger partial charge on any atom is 0.335 e. The van der Waals surface area contributed by atoms with Crippen LogP contribution in [0.25, 0.3) is 21.8 Å². The van der Waals surface area contributed by atoms with E-state index in [2.05, 4.69) is 16.7 Å². The van der Waals surface area contributed by atoms with Gasteiger partial charge in [0.05, 0.1) is 23.9 Å². The molecule has 154 valence electrons. The van der Waals surface area contributed by atoms with E-state index in [1.807, 2.05) is 44.6 Å². The van der Waals surface area contributed by atoms with E-state index >= 15 is 0 Å². The number of carbonyl (C=O) groups excluding carboxylic acids is 2. The lowest BCUT2D eigenvalue weighted by molar-refractivity contribution is -0.136. The second-order valence-electron chi connectivity index (χ2n) is 7.55. The van der Waals surface area contributed by atoms with Crippen molar-refractivity contribution >= 4 is 33.7 Å². The maximum atomic E-state index is 12.6. The SMILES string of the molecule is CCC1=CN(C(C)=O)C=C(C(=O)OC)C1Cc1nccc2c3ccccc3n(C)c12. The predicted molar refractivity (Wildman–Crippen MR) is 116 cm³/mol. The summed E-state index contributed by atoms with van der Waals surface area (Å²) in [6.45, 7) is 3.51. The predicted octanol–water partition coefficient (Wildman–Crippen LogP) is 4.10. The van der Waals surface area contributed by atoms with Crippen LogP contribution in [0.2, 0.25) is 0 Å². The number of carbonyl (C=O) groups is 2. The third kappa shape index (κ3) is 3.18. The van der Waals surface area contributed by atoms with Gasteiger partial charge >= 0.3 is 5.97 Å². The number of methoxy groups -OCH3 is 1. The fourth-order valence-corrected chi connectivity index (χ4v) is 4.36. The molecule has 6 heteroatoms. The summed E-state index contributed by atoms with van der Waals surface area (Å²) in [6.07, 6.45) is 6.52. The zero-order valence-corrected chi connectivity index (χ0v) is 17.7. The molecule has 30 heavy (non-hydrogen) atoms. The molecule has 1 atom stereocenters. The van der Waals surface area contributed by atoms with E-state index < -0.39 is 5.97 Å². The lowest BCUT2D eigenvalue weighted by atomic mass is 9.84. The van der Waals surface area contributed by atoms with Gasteiger partial charge in [0, 0.05) is 61.2 Å². The van der Waals surface area contributed by atoms with Crippen LogP contribution in [0.15, 0.2) is 60.1 Å². The minimum atomic E-state index is -0.422. The molecule has 0 spiro atoms. The smallest absolute Gasteiger partial charge is 0.335 e. The summed E-state index contributed by atoms with van der Waals surface area (Å²) in [5, 5.41) is 2.32. The first-order chi connectivity index (χ1) is 14.5. The van der Waals surface area contributed by atoms with E-state index in [1.165, 1.54) is 24.3 Å². The molecule has 6 nitrogen and oxygen atoms in total. The zero-order chi connectivity index (χ0) is 21.4. The molecule has 1 amide bonds. The molecule has 2 aromatic heterocycles. The highest BCUT2D eigenvalue weighted by Crippen LogP contribution is 2.35. The minimum Gasteiger partial charge on any atom is -0.466 e. The van der Waals surface area contributed by atoms with Gasteiger partial charge < -0.3 is 9.30 Å². The molecule has 0 radical (unpaired) electrons. The molecule has 1 aliphatic rings. The number of aryl methyl sites for hydroxylation is 1. The first kappa shape index (κ1) is 19.9. The summed E-state index contributed by atoms with van der Waals surface area (Å²) in [5.41, 5.74) is 4.60. The van der Waals surface area contributed by atoms with Crippen LogP contribution >= 0.6 is 0 Å². The number of aromatic nitrogens is 2. The Bertz CT molecular complexity index is 1220. The molecule has 1 aliphatic heterocycles. The molecular formula is C24H25N3O3. The number of nitrogens with zero attached hydrogens (tertiary/aromatic N) is 3. The first-order valence-electron chi connectivity index (χ1n) is 10.1. The number of esters is 1. The fourth-order valence-electron chi connectivity index (χ4n) is 4.36. The van der Waals surface area contributed by atoms with Crippen LogP contribution < -0.4 is 0 Å². The van der Waals surface area contributed by atoms with Crippen LogP contribution in [0.5, 0.6) is 0 Å². The monoisotopic (exact) mass is 403 g/mol. The highest BCUT2D eigenvalue weighted by molar-refractivity contribution is 6.08. The van der Waals surface area contributed by atoms with Gasteiger partial charge in [-0.25, -0.2) is 4.79 Å². The molecular weight excluding hydrogens is 378 g/mol. The van der Waals surface area contributed by atoms with Gasteiger partial charge in [-0.15, -0.1) is 0 Å². The van der Waals surface area contributed by atoms with Crippen molar-refractivity contribution in [2.24, 2.45) is 13.0 Å². The largest absolute Gasteiger partial charge is 0.466 e. The minimum absolute atomic E-state index is 0.144. The Morgan fingerprint density at radius 1 is 1.13 bits per heavy atom. The van der Waals surface area contributed by atoms with E-state index in [4.69, 9.17) is 9.72 Å². The second kappa shape index (κ2) is 7.78. The number of allylic oxidation sites excluding steroid dienone is 1. The van der Waals surface area contributed by atoms with Crippen molar-refractivity contribution in [2.45, 2.75) is 26.7 Å². The molecule has 1 aromatic carbocycles. The first-order valence-corrected chi connectivity index (χ1v) is 10.1. The zero-order valence-electron chi connectivity index (χ0n) is 17.7. The third-order valence-corrected chi connectivity index (χ3v) is 5.89. The van der Waals surface area contributed by atoms with E-state index in [0.717, 1.165) is 27.7 Å². The molecule has 0 saturated carbocycles. The van der Waals surface area contributed by atoms with Crippen LogP contribution in [0.1, 0.15) is 26.0 Å². The summed E-state index contributed by atoms with van der Waals surface area (Å²) < 4.78 is 7.20. The lowest BCUT2D eigenvalue weighted by Crippen LogP contribution is -2.29. The van der Waals surface area contributed by atoms with E-state index in [9.17, 15) is 9.59 Å². The maximum absolute atomic E-state index is 12.6. The quantitative estimate of drug-likeness (QED) is 0.616. The van der Waals surface area contributed by atoms with E-state index in [1.54, 1.807) is 6.20 Å². The summed E-state index contributed by atoms with van der Waals surface area (Å²) in [6, 6.07) is 10.3. The molecule has 0 saturated heterocycles. The molecule has 0 N–H and O–H groups in total. The molecule has 3 aromatic rings. The van der Waals surface area contributed by atoms with Crippen molar-refractivity contribution < 1.29 is 14.3 Å². The molecule has 1 unspecified atom stereocenters. The summed E-state index contributed by atoms with van der Waals surface area (Å²) in [4.78, 5) is 30.7. The average molecular weight is 403 g/mol. The van der Waals surface area contributed by atoms with E-state index in [0.29, 0.717) is 18.4 Å². The fraction of sp³-hybridized carbons (Fsp3) is 0.292. The number of amides is 1. The van der Waals surface area contributed by atoms with Gasteiger partial charge in [-0.2, -0.15) is 0 Å². The van der Waals surface area contributed by atoms with Crippen LogP contribution in [0.3, 0.4) is 0 Å². The number of benzene rings is 1. The van der Waals surface area contributed by atoms with Gasteiger partial charge in [-0.05, 0) is 24.1 Å². The number of rotatable bonds is 4. The standard InChI is InChI=1S/C24H25N3O3/c1-5-16-13-27(15(2)28)14-20(24(29)30-4)19(16)12-21-23-18(10-11-25-21)17-8-6-7-9-22(17)26(23)3/h6-11,13-14,19H,5,12H2,1-4H3. The second-order valence-corrected chi connectivity index (χ2v) is 7.55. The Morgan fingerprint density at radius 2 is 1.90 bits per heavy atom. The van der Waals surface area contributed by atoms with Crippen molar-refractivity contribution in [1.82, 2.24) is 14.5 Å². The molecule has 0 aliphatic carbocycles. The summed E-state index contributed by atoms with van der Waals surface area (Å²) in [7, 11) is 3.41. The number of fused-ring (bicyclic) bond motifs is 3. The van der Waals surface area contributed by atoms with Crippen molar-refractivity contribution in [3.8, 4) is 0 Å². The van der Waals surface area contributed by atoms with Gasteiger partial charge in [-0.3, -0.25) is 14.7 Å². The van der Waals surface area contributed by atoms with Crippen LogP contribution in [-0.2, 0) is 27.8 Å². The molecule has 4 rings (SSSR count). The Kier molecular flexibility index (Phi) is 5.16. The van der Waals surface area contributed by atoms with Gasteiger partial charge in [0.25, 0.3) is 0 Å². The number of hydrogen-bond acceptors (Lipinski definition) is 4. The summed E-state index contributed by atoms with van der Waals surface area (Å²) >= 11 is 0. The average Bonchev–Trinajstić information content (AvgIpc) is 3.06. The Labute approximate surface area is 175 Å². The Balaban J connectivity index is 1.85. The van der Waals surface area contributed by atoms with E-state index in [-0.39, 0.29) is 11.8 Å². The molecule has 0 fully saturated rings. The topological polar surface area (TPSA) is 64.4 Å². The highest BCUT2D eigenvalue weighted by Gasteiger charge is 2.31. The highest BCUT2D eigenvalue weighted by atomic mass is 16.5. The Hall–Kier alpha value is -3.41. The number of ether oxygens (including phenoxy) is 1. The normalized spacial score (nSPS) is 16.5. The van der Waals surface area contributed by atoms with Crippen LogP contribution in [0.4, 0.5) is 0 Å². The third-order valence-electron chi connectivity index (χ3n) is 5.89. The number of para-hydroxylation sites is 1. The van der Waals surface area contributed by atoms with Crippen LogP contribution in [-0.4, -0.2) is 33.4 Å². The summed E-state index contributed by atoms with van der Waals surface area (Å²) in [5.74, 6) is -0.765. The van der Waals surface area contributed by atoms with Crippen molar-refractivity contribution in [3.63, 3.8) is 0 Å². The number of pyridine rings is 1. The van der Waals surface area contributed by atoms with Gasteiger partial charge in [-0.1, -0.05) is 25.1 Å². The van der Waals surface area contributed by atoms with Crippen molar-refractivity contribution in [3.05, 3.63) is 65.8 Å². The molecule has 0 bridgehead atoms. The van der Waals surface area contributed by atoms with Gasteiger partial charge in [0.2, 0.25) is 5.91 Å². The van der Waals surface area contributed by atoms with Crippen molar-refractivity contribution in [1.29, 1.82) is 0 Å². The number of hydrogen-bond donors (Lipinski definition) is 0. The van der Waals surface area contributed by atoms with Gasteiger partial charge in [0.1, 0.15) is 0 Å². The van der Waals surface area contributed by atoms with Crippen LogP contribution in [0, 0.1) is 5.92 Å². The molecule has 3 heterocycles.